The molecule has 0 atom stereocenters. The van der Waals surface area contributed by atoms with Crippen LogP contribution in [0.15, 0.2) is 35.7 Å². The molecular formula is C20H21NO2S. The molecule has 0 bridgehead atoms. The molecule has 0 aliphatic heterocycles. The molecule has 0 aliphatic rings. The SMILES string of the molecule is Cc1cc(C)c2nc(-c3cccs3)cc(C(=O)OCC(C)C)c2c1. The van der Waals surface area contributed by atoms with Crippen molar-refractivity contribution in [1.82, 2.24) is 4.98 Å². The lowest BCUT2D eigenvalue weighted by atomic mass is 10.0. The maximum Gasteiger partial charge on any atom is 0.338 e. The van der Waals surface area contributed by atoms with Crippen LogP contribution in [0.5, 0.6) is 0 Å². The average molecular weight is 339 g/mol. The summed E-state index contributed by atoms with van der Waals surface area (Å²) in [6.07, 6.45) is 0. The van der Waals surface area contributed by atoms with Crippen molar-refractivity contribution in [3.8, 4) is 10.6 Å². The fourth-order valence-corrected chi connectivity index (χ4v) is 3.41. The van der Waals surface area contributed by atoms with Crippen molar-refractivity contribution in [2.75, 3.05) is 6.61 Å². The van der Waals surface area contributed by atoms with Gasteiger partial charge in [0.05, 0.1) is 28.3 Å². The van der Waals surface area contributed by atoms with Crippen LogP contribution in [0, 0.1) is 19.8 Å². The van der Waals surface area contributed by atoms with E-state index in [1.165, 1.54) is 0 Å². The number of carbonyl (C=O) groups is 1. The Hall–Kier alpha value is -2.20. The molecule has 4 heteroatoms. The number of hydrogen-bond acceptors (Lipinski definition) is 4. The Kier molecular flexibility index (Phi) is 4.67. The summed E-state index contributed by atoms with van der Waals surface area (Å²) in [5.41, 5.74) is 4.46. The van der Waals surface area contributed by atoms with Gasteiger partial charge in [-0.25, -0.2) is 9.78 Å². The van der Waals surface area contributed by atoms with Crippen molar-refractivity contribution in [3.05, 3.63) is 52.4 Å². The fourth-order valence-electron chi connectivity index (χ4n) is 2.72. The Morgan fingerprint density at radius 2 is 2.04 bits per heavy atom. The zero-order valence-corrected chi connectivity index (χ0v) is 15.2. The molecule has 3 aromatic rings. The fraction of sp³-hybridized carbons (Fsp3) is 0.300. The van der Waals surface area contributed by atoms with Gasteiger partial charge in [0.15, 0.2) is 0 Å². The first kappa shape index (κ1) is 16.7. The molecular weight excluding hydrogens is 318 g/mol. The lowest BCUT2D eigenvalue weighted by Gasteiger charge is -2.12. The minimum Gasteiger partial charge on any atom is -0.462 e. The van der Waals surface area contributed by atoms with Crippen LogP contribution in [-0.4, -0.2) is 17.6 Å². The van der Waals surface area contributed by atoms with Crippen LogP contribution in [0.1, 0.15) is 35.3 Å². The van der Waals surface area contributed by atoms with Crippen LogP contribution in [0.2, 0.25) is 0 Å². The van der Waals surface area contributed by atoms with Gasteiger partial charge in [0.25, 0.3) is 0 Å². The number of ether oxygens (including phenoxy) is 1. The van der Waals surface area contributed by atoms with E-state index in [0.717, 1.165) is 32.6 Å². The maximum absolute atomic E-state index is 12.7. The standard InChI is InChI=1S/C20H21NO2S/c1-12(2)11-23-20(22)16-10-17(18-6-5-7-24-18)21-19-14(4)8-13(3)9-15(16)19/h5-10,12H,11H2,1-4H3. The molecule has 3 nitrogen and oxygen atoms in total. The molecule has 0 N–H and O–H groups in total. The van der Waals surface area contributed by atoms with Crippen molar-refractivity contribution in [2.24, 2.45) is 5.92 Å². The van der Waals surface area contributed by atoms with Crippen molar-refractivity contribution >= 4 is 28.2 Å². The number of benzene rings is 1. The monoisotopic (exact) mass is 339 g/mol. The number of nitrogens with zero attached hydrogens (tertiary/aromatic N) is 1. The molecule has 0 fully saturated rings. The van der Waals surface area contributed by atoms with Crippen LogP contribution in [-0.2, 0) is 4.74 Å². The number of thiophene rings is 1. The third-order valence-electron chi connectivity index (χ3n) is 3.79. The summed E-state index contributed by atoms with van der Waals surface area (Å²) in [4.78, 5) is 18.5. The average Bonchev–Trinajstić information content (AvgIpc) is 3.06. The van der Waals surface area contributed by atoms with E-state index >= 15 is 0 Å². The van der Waals surface area contributed by atoms with E-state index in [-0.39, 0.29) is 5.97 Å². The Balaban J connectivity index is 2.18. The van der Waals surface area contributed by atoms with E-state index in [0.29, 0.717) is 18.1 Å². The van der Waals surface area contributed by atoms with Gasteiger partial charge in [-0.2, -0.15) is 0 Å². The van der Waals surface area contributed by atoms with Crippen molar-refractivity contribution in [1.29, 1.82) is 0 Å². The van der Waals surface area contributed by atoms with Gasteiger partial charge in [-0.15, -0.1) is 11.3 Å². The molecule has 0 saturated heterocycles. The summed E-state index contributed by atoms with van der Waals surface area (Å²) >= 11 is 1.62. The van der Waals surface area contributed by atoms with Gasteiger partial charge in [0, 0.05) is 5.39 Å². The molecule has 124 valence electrons. The van der Waals surface area contributed by atoms with Gasteiger partial charge in [0.2, 0.25) is 0 Å². The first-order valence-electron chi connectivity index (χ1n) is 8.08. The minimum absolute atomic E-state index is 0.279. The van der Waals surface area contributed by atoms with E-state index in [9.17, 15) is 4.79 Å². The number of fused-ring (bicyclic) bond motifs is 1. The first-order valence-corrected chi connectivity index (χ1v) is 8.96. The summed E-state index contributed by atoms with van der Waals surface area (Å²) in [6.45, 7) is 8.54. The largest absolute Gasteiger partial charge is 0.462 e. The van der Waals surface area contributed by atoms with Crippen molar-refractivity contribution < 1.29 is 9.53 Å². The van der Waals surface area contributed by atoms with E-state index in [2.05, 4.69) is 6.07 Å². The molecule has 0 aliphatic carbocycles. The van der Waals surface area contributed by atoms with Crippen LogP contribution in [0.4, 0.5) is 0 Å². The second-order valence-electron chi connectivity index (χ2n) is 6.50. The Bertz CT molecular complexity index is 882. The van der Waals surface area contributed by atoms with Crippen LogP contribution < -0.4 is 0 Å². The number of aryl methyl sites for hydroxylation is 2. The minimum atomic E-state index is -0.279. The van der Waals surface area contributed by atoms with Crippen molar-refractivity contribution in [3.63, 3.8) is 0 Å². The number of rotatable bonds is 4. The van der Waals surface area contributed by atoms with Crippen LogP contribution in [0.3, 0.4) is 0 Å². The van der Waals surface area contributed by atoms with Gasteiger partial charge in [-0.05, 0) is 48.9 Å². The molecule has 2 heterocycles. The third-order valence-corrected chi connectivity index (χ3v) is 4.68. The highest BCUT2D eigenvalue weighted by Gasteiger charge is 2.17. The smallest absolute Gasteiger partial charge is 0.338 e. The molecule has 0 amide bonds. The van der Waals surface area contributed by atoms with E-state index in [1.807, 2.05) is 57.3 Å². The van der Waals surface area contributed by atoms with E-state index < -0.39 is 0 Å². The highest BCUT2D eigenvalue weighted by molar-refractivity contribution is 7.13. The van der Waals surface area contributed by atoms with Crippen LogP contribution in [0.25, 0.3) is 21.5 Å². The number of hydrogen-bond donors (Lipinski definition) is 0. The van der Waals surface area contributed by atoms with E-state index in [4.69, 9.17) is 9.72 Å². The zero-order valence-electron chi connectivity index (χ0n) is 14.4. The normalized spacial score (nSPS) is 11.2. The number of carbonyl (C=O) groups excluding carboxylic acids is 1. The predicted octanol–water partition coefficient (Wildman–Crippen LogP) is 5.39. The Morgan fingerprint density at radius 1 is 1.25 bits per heavy atom. The van der Waals surface area contributed by atoms with Gasteiger partial charge in [-0.3, -0.25) is 0 Å². The quantitative estimate of drug-likeness (QED) is 0.598. The number of pyridine rings is 1. The lowest BCUT2D eigenvalue weighted by Crippen LogP contribution is -2.11. The van der Waals surface area contributed by atoms with Gasteiger partial charge in [-0.1, -0.05) is 31.5 Å². The lowest BCUT2D eigenvalue weighted by molar-refractivity contribution is 0.0461. The molecule has 3 rings (SSSR count). The molecule has 0 spiro atoms. The predicted molar refractivity (Wildman–Crippen MR) is 99.7 cm³/mol. The molecule has 24 heavy (non-hydrogen) atoms. The molecule has 1 aromatic carbocycles. The highest BCUT2D eigenvalue weighted by Crippen LogP contribution is 2.30. The topological polar surface area (TPSA) is 39.2 Å². The molecule has 2 aromatic heterocycles. The van der Waals surface area contributed by atoms with Gasteiger partial charge < -0.3 is 4.74 Å². The van der Waals surface area contributed by atoms with E-state index in [1.54, 1.807) is 11.3 Å². The zero-order chi connectivity index (χ0) is 17.3. The molecule has 0 saturated carbocycles. The van der Waals surface area contributed by atoms with Crippen LogP contribution >= 0.6 is 11.3 Å². The third kappa shape index (κ3) is 3.34. The van der Waals surface area contributed by atoms with Gasteiger partial charge in [0.1, 0.15) is 0 Å². The van der Waals surface area contributed by atoms with Gasteiger partial charge >= 0.3 is 5.97 Å². The maximum atomic E-state index is 12.7. The number of esters is 1. The summed E-state index contributed by atoms with van der Waals surface area (Å²) in [7, 11) is 0. The summed E-state index contributed by atoms with van der Waals surface area (Å²) < 4.78 is 5.49. The summed E-state index contributed by atoms with van der Waals surface area (Å²) in [5.74, 6) is 0.0289. The first-order chi connectivity index (χ1) is 11.5. The second-order valence-corrected chi connectivity index (χ2v) is 7.45. The van der Waals surface area contributed by atoms with Crippen molar-refractivity contribution in [2.45, 2.75) is 27.7 Å². The summed E-state index contributed by atoms with van der Waals surface area (Å²) in [6, 6.07) is 9.97. The Labute approximate surface area is 146 Å². The highest BCUT2D eigenvalue weighted by atomic mass is 32.1. The molecule has 0 unspecified atom stereocenters. The second kappa shape index (κ2) is 6.73. The Morgan fingerprint density at radius 3 is 2.71 bits per heavy atom. The number of aromatic nitrogens is 1. The molecule has 0 radical (unpaired) electrons. The summed E-state index contributed by atoms with van der Waals surface area (Å²) in [5, 5.41) is 2.88.